The third-order valence-electron chi connectivity index (χ3n) is 6.99. The molecule has 0 aliphatic heterocycles. The highest BCUT2D eigenvalue weighted by molar-refractivity contribution is 8.00. The first-order valence-electron chi connectivity index (χ1n) is 11.4. The van der Waals surface area contributed by atoms with E-state index in [0.29, 0.717) is 4.90 Å². The molecule has 0 amide bonds. The molecule has 36 heavy (non-hydrogen) atoms. The molecule has 4 atom stereocenters. The zero-order valence-electron chi connectivity index (χ0n) is 18.7. The van der Waals surface area contributed by atoms with Gasteiger partial charge in [0.15, 0.2) is 0 Å². The normalized spacial score (nSPS) is 21.9. The van der Waals surface area contributed by atoms with Gasteiger partial charge in [0.05, 0.1) is 20.8 Å². The third kappa shape index (κ3) is 3.60. The second-order valence-corrected chi connectivity index (χ2v) is 10.7. The first-order chi connectivity index (χ1) is 17.4. The van der Waals surface area contributed by atoms with Crippen molar-refractivity contribution in [2.24, 2.45) is 0 Å². The van der Waals surface area contributed by atoms with Gasteiger partial charge < -0.3 is 4.42 Å². The van der Waals surface area contributed by atoms with Crippen molar-refractivity contribution in [3.05, 3.63) is 110 Å². The van der Waals surface area contributed by atoms with Gasteiger partial charge in [0.25, 0.3) is 11.4 Å². The van der Waals surface area contributed by atoms with E-state index < -0.39 is 9.85 Å². The Bertz CT molecular complexity index is 1490. The van der Waals surface area contributed by atoms with Crippen molar-refractivity contribution in [3.63, 3.8) is 0 Å². The van der Waals surface area contributed by atoms with E-state index in [4.69, 9.17) is 16.0 Å². The van der Waals surface area contributed by atoms with Gasteiger partial charge in [0.1, 0.15) is 11.5 Å². The quantitative estimate of drug-likeness (QED) is 0.147. The Kier molecular flexibility index (Phi) is 5.58. The number of furan rings is 1. The van der Waals surface area contributed by atoms with E-state index >= 15 is 0 Å². The van der Waals surface area contributed by atoms with Gasteiger partial charge in [-0.1, -0.05) is 60.7 Å². The van der Waals surface area contributed by atoms with Gasteiger partial charge in [-0.2, -0.15) is 0 Å². The minimum absolute atomic E-state index is 0.0312. The lowest BCUT2D eigenvalue weighted by Gasteiger charge is -2.19. The Hall–Kier alpha value is -3.62. The van der Waals surface area contributed by atoms with Crippen LogP contribution in [-0.4, -0.2) is 20.5 Å². The summed E-state index contributed by atoms with van der Waals surface area (Å²) in [5.41, 5.74) is 3.55. The number of benzene rings is 3. The van der Waals surface area contributed by atoms with Gasteiger partial charge in [0.2, 0.25) is 0 Å². The number of thioether (sulfide) groups is 1. The Labute approximate surface area is 215 Å². The average molecular weight is 519 g/mol. The molecule has 1 saturated carbocycles. The minimum Gasteiger partial charge on any atom is -0.455 e. The van der Waals surface area contributed by atoms with Gasteiger partial charge in [-0.05, 0) is 12.5 Å². The highest BCUT2D eigenvalue weighted by atomic mass is 35.5. The number of fused-ring (bicyclic) bond motifs is 5. The van der Waals surface area contributed by atoms with E-state index in [1.54, 1.807) is 0 Å². The van der Waals surface area contributed by atoms with E-state index in [-0.39, 0.29) is 33.8 Å². The number of nitro groups is 2. The molecule has 0 spiro atoms. The summed E-state index contributed by atoms with van der Waals surface area (Å²) in [6, 6.07) is 23.6. The van der Waals surface area contributed by atoms with Crippen LogP contribution in [0.25, 0.3) is 22.6 Å². The van der Waals surface area contributed by atoms with Crippen LogP contribution < -0.4 is 0 Å². The molecular formula is C27H19ClN2O5S. The fraction of sp³-hybridized carbons (Fsp3) is 0.185. The van der Waals surface area contributed by atoms with Gasteiger partial charge in [-0.3, -0.25) is 20.2 Å². The molecule has 1 fully saturated rings. The summed E-state index contributed by atoms with van der Waals surface area (Å²) >= 11 is 8.29. The van der Waals surface area contributed by atoms with E-state index in [9.17, 15) is 20.2 Å². The van der Waals surface area contributed by atoms with Crippen molar-refractivity contribution >= 4 is 34.7 Å². The van der Waals surface area contributed by atoms with Crippen LogP contribution in [0.1, 0.15) is 29.4 Å². The number of hydrogen-bond acceptors (Lipinski definition) is 6. The van der Waals surface area contributed by atoms with Crippen LogP contribution >= 0.6 is 23.4 Å². The predicted octanol–water partition coefficient (Wildman–Crippen LogP) is 7.78. The monoisotopic (exact) mass is 518 g/mol. The standard InChI is InChI=1S/C27H19ClN2O5S/c28-19-14-18-22-24(23(19)27(18)36-21-12-11-17(29(31)32)13-20(21)30(33)34)26(16-9-5-2-6-10-16)35-25(22)15-7-3-1-4-8-15/h1-13,18-19,23,27H,14H2/t18-,19+,23+,27?/m0/s1. The molecule has 9 heteroatoms. The van der Waals surface area contributed by atoms with Crippen molar-refractivity contribution in [1.82, 2.24) is 0 Å². The Morgan fingerprint density at radius 3 is 2.03 bits per heavy atom. The summed E-state index contributed by atoms with van der Waals surface area (Å²) in [5.74, 6) is 1.54. The number of non-ortho nitro benzene ring substituents is 1. The lowest BCUT2D eigenvalue weighted by molar-refractivity contribution is -0.396. The molecule has 0 saturated heterocycles. The van der Waals surface area contributed by atoms with Crippen LogP contribution in [0.4, 0.5) is 11.4 Å². The zero-order valence-corrected chi connectivity index (χ0v) is 20.3. The predicted molar refractivity (Wildman–Crippen MR) is 139 cm³/mol. The summed E-state index contributed by atoms with van der Waals surface area (Å²) in [5, 5.41) is 22.8. The number of halogens is 1. The summed E-state index contributed by atoms with van der Waals surface area (Å²) in [6.07, 6.45) is 0.727. The maximum atomic E-state index is 11.8. The number of nitro benzene ring substituents is 2. The molecule has 2 bridgehead atoms. The van der Waals surface area contributed by atoms with Gasteiger partial charge in [0, 0.05) is 50.8 Å². The molecule has 1 aromatic heterocycles. The molecule has 1 heterocycles. The van der Waals surface area contributed by atoms with E-state index in [1.165, 1.54) is 23.9 Å². The second kappa shape index (κ2) is 8.80. The zero-order chi connectivity index (χ0) is 25.0. The van der Waals surface area contributed by atoms with Crippen LogP contribution in [0.15, 0.2) is 88.2 Å². The lowest BCUT2D eigenvalue weighted by atomic mass is 9.89. The van der Waals surface area contributed by atoms with Crippen LogP contribution in [0.5, 0.6) is 0 Å². The number of alkyl halides is 1. The molecule has 6 rings (SSSR count). The summed E-state index contributed by atoms with van der Waals surface area (Å²) in [4.78, 5) is 22.2. The molecule has 2 aliphatic carbocycles. The molecule has 0 N–H and O–H groups in total. The van der Waals surface area contributed by atoms with Gasteiger partial charge in [-0.15, -0.1) is 23.4 Å². The highest BCUT2D eigenvalue weighted by Gasteiger charge is 2.55. The van der Waals surface area contributed by atoms with Crippen molar-refractivity contribution in [2.75, 3.05) is 0 Å². The molecule has 1 unspecified atom stereocenters. The van der Waals surface area contributed by atoms with Crippen LogP contribution in [0.3, 0.4) is 0 Å². The maximum absolute atomic E-state index is 11.8. The molecule has 0 radical (unpaired) electrons. The van der Waals surface area contributed by atoms with Crippen LogP contribution in [0, 0.1) is 20.2 Å². The fourth-order valence-electron chi connectivity index (χ4n) is 5.53. The SMILES string of the molecule is O=[N+]([O-])c1ccc(SC2[C@H]3c4c(-c5ccccc5)oc(-c5ccccc5)c4[C@@H]2C[C@H]3Cl)c([N+](=O)[O-])c1. The Morgan fingerprint density at radius 2 is 1.44 bits per heavy atom. The molecule has 7 nitrogen and oxygen atoms in total. The number of nitrogens with zero attached hydrogens (tertiary/aromatic N) is 2. The number of hydrogen-bond donors (Lipinski definition) is 0. The molecule has 2 aliphatic rings. The van der Waals surface area contributed by atoms with E-state index in [0.717, 1.165) is 46.3 Å². The van der Waals surface area contributed by atoms with E-state index in [2.05, 4.69) is 0 Å². The van der Waals surface area contributed by atoms with Crippen molar-refractivity contribution < 1.29 is 14.3 Å². The van der Waals surface area contributed by atoms with Crippen LogP contribution in [0.2, 0.25) is 0 Å². The van der Waals surface area contributed by atoms with Crippen molar-refractivity contribution in [3.8, 4) is 22.6 Å². The average Bonchev–Trinajstić information content (AvgIpc) is 3.52. The summed E-state index contributed by atoms with van der Waals surface area (Å²) < 4.78 is 6.54. The molecular weight excluding hydrogens is 500 g/mol. The van der Waals surface area contributed by atoms with Crippen molar-refractivity contribution in [2.45, 2.75) is 33.8 Å². The summed E-state index contributed by atoms with van der Waals surface area (Å²) in [7, 11) is 0. The third-order valence-corrected chi connectivity index (χ3v) is 8.93. The molecule has 180 valence electrons. The Balaban J connectivity index is 1.48. The lowest BCUT2D eigenvalue weighted by Crippen LogP contribution is -2.13. The number of rotatable bonds is 6. The fourth-order valence-corrected chi connectivity index (χ4v) is 7.67. The maximum Gasteiger partial charge on any atom is 0.289 e. The largest absolute Gasteiger partial charge is 0.455 e. The van der Waals surface area contributed by atoms with Crippen molar-refractivity contribution in [1.29, 1.82) is 0 Å². The van der Waals surface area contributed by atoms with Gasteiger partial charge in [-0.25, -0.2) is 0 Å². The first kappa shape index (κ1) is 22.8. The van der Waals surface area contributed by atoms with E-state index in [1.807, 2.05) is 60.7 Å². The smallest absolute Gasteiger partial charge is 0.289 e. The molecule has 4 aromatic rings. The first-order valence-corrected chi connectivity index (χ1v) is 12.8. The van der Waals surface area contributed by atoms with Crippen LogP contribution in [-0.2, 0) is 0 Å². The minimum atomic E-state index is -0.620. The Morgan fingerprint density at radius 1 is 0.833 bits per heavy atom. The topological polar surface area (TPSA) is 99.4 Å². The highest BCUT2D eigenvalue weighted by Crippen LogP contribution is 2.65. The molecule has 3 aromatic carbocycles. The van der Waals surface area contributed by atoms with Gasteiger partial charge >= 0.3 is 0 Å². The second-order valence-electron chi connectivity index (χ2n) is 8.95. The summed E-state index contributed by atoms with van der Waals surface area (Å²) in [6.45, 7) is 0.